The normalized spacial score (nSPS) is 16.3. The summed E-state index contributed by atoms with van der Waals surface area (Å²) >= 11 is 13.0. The maximum Gasteiger partial charge on any atom is 0.234 e. The Balaban J connectivity index is 1.74. The molecule has 28 heavy (non-hydrogen) atoms. The largest absolute Gasteiger partial charge is 0.325 e. The fourth-order valence-corrected chi connectivity index (χ4v) is 4.01. The van der Waals surface area contributed by atoms with Crippen molar-refractivity contribution in [1.29, 1.82) is 5.26 Å². The Kier molecular flexibility index (Phi) is 6.63. The molecule has 0 aromatic heterocycles. The smallest absolute Gasteiger partial charge is 0.234 e. The van der Waals surface area contributed by atoms with E-state index in [1.54, 1.807) is 48.5 Å². The van der Waals surface area contributed by atoms with Crippen molar-refractivity contribution in [3.05, 3.63) is 74.7 Å². The molecule has 0 spiro atoms. The minimum atomic E-state index is -0.366. The summed E-state index contributed by atoms with van der Waals surface area (Å²) in [6, 6.07) is 16.1. The Hall–Kier alpha value is -2.46. The molecule has 1 aliphatic rings. The Bertz CT molecular complexity index is 984. The van der Waals surface area contributed by atoms with Crippen LogP contribution in [0.5, 0.6) is 0 Å². The van der Waals surface area contributed by atoms with Gasteiger partial charge in [0.15, 0.2) is 0 Å². The average molecular weight is 432 g/mol. The van der Waals surface area contributed by atoms with Crippen LogP contribution in [0.2, 0.25) is 10.0 Å². The number of hydrogen-bond acceptors (Lipinski definition) is 4. The van der Waals surface area contributed by atoms with E-state index in [2.05, 4.69) is 16.7 Å². The van der Waals surface area contributed by atoms with Gasteiger partial charge in [-0.2, -0.15) is 5.26 Å². The molecule has 0 aliphatic carbocycles. The standard InChI is InChI=1S/C20H15Cl2N3O2S/c21-13-6-4-12(5-7-13)16-9-18(26)25-20(17(16)10-23)28-11-19(27)24-15-3-1-2-14(22)8-15/h1-8,16H,9,11H2,(H,24,27)(H,25,26)/t16-/m1/s1. The van der Waals surface area contributed by atoms with Gasteiger partial charge in [-0.1, -0.05) is 53.2 Å². The van der Waals surface area contributed by atoms with Crippen LogP contribution in [0.25, 0.3) is 0 Å². The van der Waals surface area contributed by atoms with Gasteiger partial charge in [-0.3, -0.25) is 9.59 Å². The highest BCUT2D eigenvalue weighted by molar-refractivity contribution is 8.03. The number of thioether (sulfide) groups is 1. The SMILES string of the molecule is N#CC1=C(SCC(=O)Nc2cccc(Cl)c2)NC(=O)C[C@@H]1c1ccc(Cl)cc1. The van der Waals surface area contributed by atoms with Gasteiger partial charge in [0.2, 0.25) is 11.8 Å². The number of anilines is 1. The molecule has 0 fully saturated rings. The fourth-order valence-electron chi connectivity index (χ4n) is 2.81. The second-order valence-corrected chi connectivity index (χ2v) is 7.92. The third kappa shape index (κ3) is 5.08. The van der Waals surface area contributed by atoms with Gasteiger partial charge in [0.25, 0.3) is 0 Å². The first kappa shape index (κ1) is 20.3. The number of allylic oxidation sites excluding steroid dienone is 1. The molecule has 0 bridgehead atoms. The molecule has 1 aliphatic heterocycles. The Morgan fingerprint density at radius 2 is 1.96 bits per heavy atom. The molecule has 3 rings (SSSR count). The van der Waals surface area contributed by atoms with Gasteiger partial charge in [0.1, 0.15) is 0 Å². The minimum absolute atomic E-state index is 0.0423. The molecule has 5 nitrogen and oxygen atoms in total. The van der Waals surface area contributed by atoms with Crippen molar-refractivity contribution in [1.82, 2.24) is 5.32 Å². The van der Waals surface area contributed by atoms with E-state index in [4.69, 9.17) is 23.2 Å². The van der Waals surface area contributed by atoms with Gasteiger partial charge in [-0.15, -0.1) is 0 Å². The average Bonchev–Trinajstić information content (AvgIpc) is 2.66. The number of benzene rings is 2. The molecule has 0 saturated carbocycles. The molecular formula is C20H15Cl2N3O2S. The maximum atomic E-state index is 12.2. The molecule has 0 saturated heterocycles. The van der Waals surface area contributed by atoms with Crippen molar-refractivity contribution in [3.63, 3.8) is 0 Å². The van der Waals surface area contributed by atoms with Crippen molar-refractivity contribution < 1.29 is 9.59 Å². The van der Waals surface area contributed by atoms with Crippen LogP contribution in [-0.2, 0) is 9.59 Å². The zero-order valence-electron chi connectivity index (χ0n) is 14.5. The van der Waals surface area contributed by atoms with Gasteiger partial charge in [0.05, 0.1) is 22.4 Å². The number of halogens is 2. The molecule has 2 aromatic carbocycles. The van der Waals surface area contributed by atoms with Crippen molar-refractivity contribution in [2.75, 3.05) is 11.1 Å². The molecule has 1 heterocycles. The van der Waals surface area contributed by atoms with Crippen molar-refractivity contribution in [2.45, 2.75) is 12.3 Å². The van der Waals surface area contributed by atoms with Crippen molar-refractivity contribution >= 4 is 52.5 Å². The summed E-state index contributed by atoms with van der Waals surface area (Å²) in [6.45, 7) is 0. The van der Waals surface area contributed by atoms with E-state index in [1.165, 1.54) is 0 Å². The summed E-state index contributed by atoms with van der Waals surface area (Å²) in [5.41, 5.74) is 1.85. The van der Waals surface area contributed by atoms with Crippen LogP contribution in [0.15, 0.2) is 59.1 Å². The lowest BCUT2D eigenvalue weighted by Gasteiger charge is -2.25. The molecule has 2 N–H and O–H groups in total. The Labute approximate surface area is 176 Å². The van der Waals surface area contributed by atoms with Gasteiger partial charge in [-0.05, 0) is 35.9 Å². The lowest BCUT2D eigenvalue weighted by Crippen LogP contribution is -2.31. The number of nitriles is 1. The first-order valence-electron chi connectivity index (χ1n) is 8.34. The quantitative estimate of drug-likeness (QED) is 0.718. The third-order valence-electron chi connectivity index (χ3n) is 4.08. The second kappa shape index (κ2) is 9.16. The summed E-state index contributed by atoms with van der Waals surface area (Å²) < 4.78 is 0. The van der Waals surface area contributed by atoms with E-state index in [0.29, 0.717) is 26.3 Å². The molecular weight excluding hydrogens is 417 g/mol. The van der Waals surface area contributed by atoms with Crippen LogP contribution < -0.4 is 10.6 Å². The summed E-state index contributed by atoms with van der Waals surface area (Å²) in [6.07, 6.45) is 0.170. The van der Waals surface area contributed by atoms with E-state index < -0.39 is 0 Å². The van der Waals surface area contributed by atoms with Gasteiger partial charge in [-0.25, -0.2) is 0 Å². The lowest BCUT2D eigenvalue weighted by atomic mass is 9.87. The number of rotatable bonds is 5. The predicted octanol–water partition coefficient (Wildman–Crippen LogP) is 4.70. The van der Waals surface area contributed by atoms with Crippen LogP contribution in [-0.4, -0.2) is 17.6 Å². The Morgan fingerprint density at radius 3 is 2.64 bits per heavy atom. The maximum absolute atomic E-state index is 12.2. The minimum Gasteiger partial charge on any atom is -0.325 e. The third-order valence-corrected chi connectivity index (χ3v) is 5.59. The fraction of sp³-hybridized carbons (Fsp3) is 0.150. The zero-order valence-corrected chi connectivity index (χ0v) is 16.9. The highest BCUT2D eigenvalue weighted by atomic mass is 35.5. The number of nitrogens with zero attached hydrogens (tertiary/aromatic N) is 1. The summed E-state index contributed by atoms with van der Waals surface area (Å²) in [5, 5.41) is 16.6. The number of nitrogens with one attached hydrogen (secondary N) is 2. The molecule has 2 amide bonds. The zero-order chi connectivity index (χ0) is 20.1. The highest BCUT2D eigenvalue weighted by Gasteiger charge is 2.29. The van der Waals surface area contributed by atoms with Crippen molar-refractivity contribution in [2.24, 2.45) is 0 Å². The Morgan fingerprint density at radius 1 is 1.21 bits per heavy atom. The number of carbonyl (C=O) groups is 2. The van der Waals surface area contributed by atoms with Gasteiger partial charge >= 0.3 is 0 Å². The lowest BCUT2D eigenvalue weighted by molar-refractivity contribution is -0.121. The number of carbonyl (C=O) groups excluding carboxylic acids is 2. The van der Waals surface area contributed by atoms with Gasteiger partial charge in [0, 0.05) is 28.1 Å². The van der Waals surface area contributed by atoms with Gasteiger partial charge < -0.3 is 10.6 Å². The molecule has 0 unspecified atom stereocenters. The van der Waals surface area contributed by atoms with Crippen LogP contribution in [0.4, 0.5) is 5.69 Å². The summed E-state index contributed by atoms with van der Waals surface area (Å²) in [5.74, 6) is -0.785. The van der Waals surface area contributed by atoms with E-state index in [0.717, 1.165) is 17.3 Å². The van der Waals surface area contributed by atoms with Crippen molar-refractivity contribution in [3.8, 4) is 6.07 Å². The second-order valence-electron chi connectivity index (χ2n) is 6.06. The molecule has 8 heteroatoms. The molecule has 1 atom stereocenters. The molecule has 142 valence electrons. The number of hydrogen-bond donors (Lipinski definition) is 2. The first-order valence-corrected chi connectivity index (χ1v) is 10.1. The van der Waals surface area contributed by atoms with Crippen LogP contribution in [0.3, 0.4) is 0 Å². The number of amides is 2. The summed E-state index contributed by atoms with van der Waals surface area (Å²) in [7, 11) is 0. The van der Waals surface area contributed by atoms with Crippen LogP contribution >= 0.6 is 35.0 Å². The summed E-state index contributed by atoms with van der Waals surface area (Å²) in [4.78, 5) is 24.4. The highest BCUT2D eigenvalue weighted by Crippen LogP contribution is 2.36. The monoisotopic (exact) mass is 431 g/mol. The first-order chi connectivity index (χ1) is 13.5. The van der Waals surface area contributed by atoms with Crippen LogP contribution in [0.1, 0.15) is 17.9 Å². The molecule has 2 aromatic rings. The van der Waals surface area contributed by atoms with E-state index >= 15 is 0 Å². The predicted molar refractivity (Wildman–Crippen MR) is 112 cm³/mol. The van der Waals surface area contributed by atoms with Crippen LogP contribution in [0, 0.1) is 11.3 Å². The molecule has 0 radical (unpaired) electrons. The topological polar surface area (TPSA) is 82.0 Å². The van der Waals surface area contributed by atoms with E-state index in [-0.39, 0.29) is 29.9 Å². The van der Waals surface area contributed by atoms with E-state index in [9.17, 15) is 14.9 Å². The van der Waals surface area contributed by atoms with E-state index in [1.807, 2.05) is 0 Å².